The second-order valence-electron chi connectivity index (χ2n) is 8.64. The van der Waals surface area contributed by atoms with Gasteiger partial charge in [0.2, 0.25) is 0 Å². The van der Waals surface area contributed by atoms with Gasteiger partial charge in [-0.2, -0.15) is 0 Å². The molecule has 2 rings (SSSR count). The summed E-state index contributed by atoms with van der Waals surface area (Å²) in [6.07, 6.45) is -1.17. The fraction of sp³-hybridized carbons (Fsp3) is 0.440. The van der Waals surface area contributed by atoms with Gasteiger partial charge in [-0.3, -0.25) is 0 Å². The standard InChI is InChI=1S/C25H33NO5/c1-16-13-14-20(21(15-16)29-7)22(19-11-9-8-10-12-19)18(3)30-23(27)17(2)26-24(28)31-25(4,5)6/h8-15,17-18,22H,1-7H3,(H,26,28)/t17-,18-,22?/m0/s1. The molecule has 0 aliphatic heterocycles. The predicted molar refractivity (Wildman–Crippen MR) is 120 cm³/mol. The van der Waals surface area contributed by atoms with E-state index in [9.17, 15) is 9.59 Å². The number of alkyl carbamates (subject to hydrolysis) is 1. The van der Waals surface area contributed by atoms with E-state index in [0.717, 1.165) is 22.4 Å². The van der Waals surface area contributed by atoms with Crippen LogP contribution in [0.25, 0.3) is 0 Å². The van der Waals surface area contributed by atoms with Crippen molar-refractivity contribution in [1.29, 1.82) is 0 Å². The van der Waals surface area contributed by atoms with Gasteiger partial charge in [-0.1, -0.05) is 42.5 Å². The largest absolute Gasteiger partial charge is 0.496 e. The van der Waals surface area contributed by atoms with E-state index in [1.165, 1.54) is 0 Å². The number of esters is 1. The summed E-state index contributed by atoms with van der Waals surface area (Å²) in [5.41, 5.74) is 2.35. The lowest BCUT2D eigenvalue weighted by molar-refractivity contribution is -0.150. The second-order valence-corrected chi connectivity index (χ2v) is 8.64. The molecule has 0 aliphatic carbocycles. The fourth-order valence-corrected chi connectivity index (χ4v) is 3.34. The molecule has 0 aliphatic rings. The first kappa shape index (κ1) is 24.3. The van der Waals surface area contributed by atoms with E-state index >= 15 is 0 Å². The van der Waals surface area contributed by atoms with Crippen LogP contribution >= 0.6 is 0 Å². The zero-order valence-corrected chi connectivity index (χ0v) is 19.4. The van der Waals surface area contributed by atoms with Gasteiger partial charge in [-0.05, 0) is 58.7 Å². The van der Waals surface area contributed by atoms with Crippen molar-refractivity contribution in [3.05, 3.63) is 65.2 Å². The number of ether oxygens (including phenoxy) is 3. The number of benzene rings is 2. The summed E-state index contributed by atoms with van der Waals surface area (Å²) in [7, 11) is 1.63. The minimum absolute atomic E-state index is 0.241. The zero-order chi connectivity index (χ0) is 23.2. The highest BCUT2D eigenvalue weighted by Gasteiger charge is 2.30. The summed E-state index contributed by atoms with van der Waals surface area (Å²) in [5.74, 6) is -0.0449. The quantitative estimate of drug-likeness (QED) is 0.631. The highest BCUT2D eigenvalue weighted by molar-refractivity contribution is 5.81. The first-order valence-electron chi connectivity index (χ1n) is 10.4. The fourth-order valence-electron chi connectivity index (χ4n) is 3.34. The minimum atomic E-state index is -0.853. The van der Waals surface area contributed by atoms with Crippen LogP contribution < -0.4 is 10.1 Å². The van der Waals surface area contributed by atoms with Gasteiger partial charge in [0.05, 0.1) is 7.11 Å². The van der Waals surface area contributed by atoms with Crippen LogP contribution in [0.3, 0.4) is 0 Å². The molecule has 2 aromatic rings. The normalized spacial score (nSPS) is 14.2. The van der Waals surface area contributed by atoms with E-state index in [1.54, 1.807) is 34.8 Å². The van der Waals surface area contributed by atoms with Crippen molar-refractivity contribution in [2.45, 2.75) is 65.2 Å². The Morgan fingerprint density at radius 1 is 1.00 bits per heavy atom. The summed E-state index contributed by atoms with van der Waals surface area (Å²) >= 11 is 0. The van der Waals surface area contributed by atoms with Crippen molar-refractivity contribution in [2.24, 2.45) is 0 Å². The van der Waals surface area contributed by atoms with Gasteiger partial charge >= 0.3 is 12.1 Å². The third-order valence-corrected chi connectivity index (χ3v) is 4.74. The number of nitrogens with one attached hydrogen (secondary N) is 1. The minimum Gasteiger partial charge on any atom is -0.496 e. The number of hydrogen-bond donors (Lipinski definition) is 1. The Labute approximate surface area is 184 Å². The number of methoxy groups -OCH3 is 1. The lowest BCUT2D eigenvalue weighted by Gasteiger charge is -2.28. The lowest BCUT2D eigenvalue weighted by Crippen LogP contribution is -2.43. The van der Waals surface area contributed by atoms with Gasteiger partial charge in [-0.15, -0.1) is 0 Å². The molecule has 1 unspecified atom stereocenters. The van der Waals surface area contributed by atoms with E-state index in [-0.39, 0.29) is 5.92 Å². The Bertz CT molecular complexity index is 889. The third kappa shape index (κ3) is 7.02. The van der Waals surface area contributed by atoms with Crippen LogP contribution in [-0.2, 0) is 14.3 Å². The molecule has 3 atom stereocenters. The summed E-state index contributed by atoms with van der Waals surface area (Å²) in [6.45, 7) is 10.7. The SMILES string of the molecule is COc1cc(C)ccc1C(c1ccccc1)[C@H](C)OC(=O)[C@H](C)NC(=O)OC(C)(C)C. The molecule has 31 heavy (non-hydrogen) atoms. The van der Waals surface area contributed by atoms with E-state index in [0.29, 0.717) is 0 Å². The summed E-state index contributed by atoms with van der Waals surface area (Å²) in [4.78, 5) is 24.7. The Hall–Kier alpha value is -3.02. The number of aryl methyl sites for hydroxylation is 1. The van der Waals surface area contributed by atoms with Crippen LogP contribution in [0.2, 0.25) is 0 Å². The van der Waals surface area contributed by atoms with Gasteiger partial charge < -0.3 is 19.5 Å². The number of hydrogen-bond acceptors (Lipinski definition) is 5. The average Bonchev–Trinajstić information content (AvgIpc) is 2.68. The lowest BCUT2D eigenvalue weighted by atomic mass is 9.86. The molecule has 1 amide bonds. The first-order chi connectivity index (χ1) is 14.5. The summed E-state index contributed by atoms with van der Waals surface area (Å²) in [6, 6.07) is 15.0. The van der Waals surface area contributed by atoms with Crippen LogP contribution in [0.1, 0.15) is 57.2 Å². The molecule has 0 saturated carbocycles. The number of carbonyl (C=O) groups is 2. The maximum atomic E-state index is 12.7. The third-order valence-electron chi connectivity index (χ3n) is 4.74. The van der Waals surface area contributed by atoms with E-state index in [1.807, 2.05) is 62.4 Å². The van der Waals surface area contributed by atoms with Crippen LogP contribution in [0, 0.1) is 6.92 Å². The maximum Gasteiger partial charge on any atom is 0.408 e. The molecular weight excluding hydrogens is 394 g/mol. The molecule has 6 heteroatoms. The molecule has 1 N–H and O–H groups in total. The maximum absolute atomic E-state index is 12.7. The molecule has 6 nitrogen and oxygen atoms in total. The van der Waals surface area contributed by atoms with Crippen LogP contribution in [-0.4, -0.2) is 36.9 Å². The average molecular weight is 428 g/mol. The van der Waals surface area contributed by atoms with Gasteiger partial charge in [0.1, 0.15) is 23.5 Å². The monoisotopic (exact) mass is 427 g/mol. The van der Waals surface area contributed by atoms with Crippen molar-refractivity contribution in [1.82, 2.24) is 5.32 Å². The molecule has 0 fully saturated rings. The van der Waals surface area contributed by atoms with Crippen molar-refractivity contribution < 1.29 is 23.8 Å². The molecule has 0 heterocycles. The highest BCUT2D eigenvalue weighted by atomic mass is 16.6. The van der Waals surface area contributed by atoms with Crippen LogP contribution in [0.5, 0.6) is 5.75 Å². The topological polar surface area (TPSA) is 73.9 Å². The van der Waals surface area contributed by atoms with E-state index in [2.05, 4.69) is 5.32 Å². The first-order valence-corrected chi connectivity index (χ1v) is 10.4. The Morgan fingerprint density at radius 2 is 1.65 bits per heavy atom. The van der Waals surface area contributed by atoms with Gasteiger partial charge in [0.25, 0.3) is 0 Å². The Morgan fingerprint density at radius 3 is 2.23 bits per heavy atom. The van der Waals surface area contributed by atoms with E-state index < -0.39 is 29.8 Å². The summed E-state index contributed by atoms with van der Waals surface area (Å²) in [5, 5.41) is 2.53. The predicted octanol–water partition coefficient (Wildman–Crippen LogP) is 4.98. The smallest absolute Gasteiger partial charge is 0.408 e. The van der Waals surface area contributed by atoms with Gasteiger partial charge in [0.15, 0.2) is 0 Å². The van der Waals surface area contributed by atoms with E-state index in [4.69, 9.17) is 14.2 Å². The van der Waals surface area contributed by atoms with Crippen LogP contribution in [0.4, 0.5) is 4.79 Å². The molecule has 0 bridgehead atoms. The highest BCUT2D eigenvalue weighted by Crippen LogP contribution is 2.36. The summed E-state index contributed by atoms with van der Waals surface area (Å²) < 4.78 is 16.6. The number of amides is 1. The molecule has 2 aromatic carbocycles. The molecule has 0 spiro atoms. The van der Waals surface area contributed by atoms with Crippen LogP contribution in [0.15, 0.2) is 48.5 Å². The number of rotatable bonds is 7. The van der Waals surface area contributed by atoms with Crippen molar-refractivity contribution in [3.8, 4) is 5.75 Å². The molecule has 0 aromatic heterocycles. The second kappa shape index (κ2) is 10.3. The zero-order valence-electron chi connectivity index (χ0n) is 19.4. The van der Waals surface area contributed by atoms with Gasteiger partial charge in [-0.25, -0.2) is 9.59 Å². The Kier molecular flexibility index (Phi) is 8.08. The molecular formula is C25H33NO5. The number of carbonyl (C=O) groups excluding carboxylic acids is 2. The van der Waals surface area contributed by atoms with Gasteiger partial charge in [0, 0.05) is 11.5 Å². The molecule has 0 saturated heterocycles. The molecule has 168 valence electrons. The van der Waals surface area contributed by atoms with Crippen molar-refractivity contribution >= 4 is 12.1 Å². The van der Waals surface area contributed by atoms with Crippen molar-refractivity contribution in [2.75, 3.05) is 7.11 Å². The Balaban J connectivity index is 2.24. The van der Waals surface area contributed by atoms with Crippen molar-refractivity contribution in [3.63, 3.8) is 0 Å². The molecule has 0 radical (unpaired) electrons.